The molecule has 0 saturated carbocycles. The number of alkyl halides is 3. The van der Waals surface area contributed by atoms with Crippen molar-refractivity contribution in [3.8, 4) is 0 Å². The molecule has 1 aliphatic heterocycles. The lowest BCUT2D eigenvalue weighted by atomic mass is 10.1. The highest BCUT2D eigenvalue weighted by Gasteiger charge is 2.37. The van der Waals surface area contributed by atoms with Crippen molar-refractivity contribution in [2.24, 2.45) is 0 Å². The summed E-state index contributed by atoms with van der Waals surface area (Å²) < 4.78 is 36.3. The van der Waals surface area contributed by atoms with E-state index in [0.29, 0.717) is 11.3 Å². The van der Waals surface area contributed by atoms with Crippen LogP contribution in [0, 0.1) is 6.92 Å². The predicted octanol–water partition coefficient (Wildman–Crippen LogP) is 2.87. The number of halogens is 3. The number of ketones is 1. The Morgan fingerprint density at radius 1 is 1.21 bits per heavy atom. The molecule has 0 bridgehead atoms. The van der Waals surface area contributed by atoms with Crippen LogP contribution in [0.3, 0.4) is 0 Å². The maximum absolute atomic E-state index is 12.1. The lowest BCUT2D eigenvalue weighted by Gasteiger charge is -2.18. The number of hydrogen-bond donors (Lipinski definition) is 0. The largest absolute Gasteiger partial charge is 0.389 e. The van der Waals surface area contributed by atoms with E-state index in [1.807, 2.05) is 0 Å². The van der Waals surface area contributed by atoms with Gasteiger partial charge < -0.3 is 4.90 Å². The zero-order valence-electron chi connectivity index (χ0n) is 10.3. The number of anilines is 1. The van der Waals surface area contributed by atoms with Gasteiger partial charge in [0.15, 0.2) is 0 Å². The second-order valence-corrected chi connectivity index (χ2v) is 4.48. The number of fused-ring (bicyclic) bond motifs is 1. The Morgan fingerprint density at radius 2 is 1.89 bits per heavy atom. The molecule has 0 spiro atoms. The minimum atomic E-state index is -4.25. The molecule has 1 aliphatic rings. The van der Waals surface area contributed by atoms with Crippen molar-refractivity contribution in [2.75, 3.05) is 11.4 Å². The average Bonchev–Trinajstić information content (AvgIpc) is 2.54. The molecule has 0 fully saturated rings. The van der Waals surface area contributed by atoms with E-state index in [9.17, 15) is 22.8 Å². The van der Waals surface area contributed by atoms with Crippen LogP contribution in [0.25, 0.3) is 0 Å². The molecule has 1 amide bonds. The van der Waals surface area contributed by atoms with Gasteiger partial charge in [0.1, 0.15) is 0 Å². The standard InChI is InChI=1S/C13H12F3NO2/c1-8-4-2-5-9-10(8)17(12(19)11(9)18)7-3-6-13(14,15)16/h2,4-5H,3,6-7H2,1H3. The maximum Gasteiger partial charge on any atom is 0.389 e. The fourth-order valence-electron chi connectivity index (χ4n) is 2.19. The van der Waals surface area contributed by atoms with Gasteiger partial charge in [-0.05, 0) is 25.0 Å². The van der Waals surface area contributed by atoms with E-state index in [-0.39, 0.29) is 18.5 Å². The molecular weight excluding hydrogens is 259 g/mol. The third kappa shape index (κ3) is 2.62. The highest BCUT2D eigenvalue weighted by atomic mass is 19.4. The highest BCUT2D eigenvalue weighted by Crippen LogP contribution is 2.33. The second kappa shape index (κ2) is 4.68. The van der Waals surface area contributed by atoms with Gasteiger partial charge in [-0.25, -0.2) is 0 Å². The van der Waals surface area contributed by atoms with E-state index >= 15 is 0 Å². The van der Waals surface area contributed by atoms with Gasteiger partial charge in [0.2, 0.25) is 0 Å². The zero-order valence-corrected chi connectivity index (χ0v) is 10.3. The Morgan fingerprint density at radius 3 is 2.53 bits per heavy atom. The molecule has 0 N–H and O–H groups in total. The monoisotopic (exact) mass is 271 g/mol. The number of nitrogens with zero attached hydrogens (tertiary/aromatic N) is 1. The minimum Gasteiger partial charge on any atom is -0.304 e. The average molecular weight is 271 g/mol. The van der Waals surface area contributed by atoms with Crippen LogP contribution < -0.4 is 4.90 Å². The molecule has 0 aliphatic carbocycles. The van der Waals surface area contributed by atoms with Gasteiger partial charge >= 0.3 is 6.18 Å². The quantitative estimate of drug-likeness (QED) is 0.793. The third-order valence-electron chi connectivity index (χ3n) is 3.03. The summed E-state index contributed by atoms with van der Waals surface area (Å²) in [6.45, 7) is 1.63. The molecular formula is C13H12F3NO2. The summed E-state index contributed by atoms with van der Waals surface area (Å²) in [6, 6.07) is 4.90. The predicted molar refractivity (Wildman–Crippen MR) is 63.2 cm³/mol. The van der Waals surface area contributed by atoms with Gasteiger partial charge in [-0.3, -0.25) is 9.59 Å². The molecule has 0 atom stereocenters. The van der Waals surface area contributed by atoms with Gasteiger partial charge in [-0.15, -0.1) is 0 Å². The van der Waals surface area contributed by atoms with Gasteiger partial charge in [-0.1, -0.05) is 12.1 Å². The van der Waals surface area contributed by atoms with Crippen molar-refractivity contribution in [1.82, 2.24) is 0 Å². The smallest absolute Gasteiger partial charge is 0.304 e. The summed E-state index contributed by atoms with van der Waals surface area (Å²) in [6.07, 6.45) is -5.43. The van der Waals surface area contributed by atoms with Gasteiger partial charge in [0.05, 0.1) is 11.3 Å². The number of carbonyl (C=O) groups is 2. The number of amides is 1. The van der Waals surface area contributed by atoms with Crippen molar-refractivity contribution in [1.29, 1.82) is 0 Å². The third-order valence-corrected chi connectivity index (χ3v) is 3.03. The van der Waals surface area contributed by atoms with Crippen LogP contribution in [-0.2, 0) is 4.79 Å². The molecule has 1 heterocycles. The van der Waals surface area contributed by atoms with Crippen molar-refractivity contribution in [3.63, 3.8) is 0 Å². The molecule has 0 saturated heterocycles. The van der Waals surface area contributed by atoms with E-state index in [2.05, 4.69) is 0 Å². The van der Waals surface area contributed by atoms with Crippen LogP contribution in [0.15, 0.2) is 18.2 Å². The Kier molecular flexibility index (Phi) is 3.34. The fourth-order valence-corrected chi connectivity index (χ4v) is 2.19. The number of hydrogen-bond acceptors (Lipinski definition) is 2. The van der Waals surface area contributed by atoms with E-state index in [4.69, 9.17) is 0 Å². The first-order valence-corrected chi connectivity index (χ1v) is 5.84. The highest BCUT2D eigenvalue weighted by molar-refractivity contribution is 6.52. The summed E-state index contributed by atoms with van der Waals surface area (Å²) in [5.41, 5.74) is 1.43. The number of aryl methyl sites for hydroxylation is 1. The molecule has 1 aromatic rings. The van der Waals surface area contributed by atoms with Crippen molar-refractivity contribution >= 4 is 17.4 Å². The number of para-hydroxylation sites is 1. The summed E-state index contributed by atoms with van der Waals surface area (Å²) in [5, 5.41) is 0. The fraction of sp³-hybridized carbons (Fsp3) is 0.385. The SMILES string of the molecule is Cc1cccc2c1N(CCCC(F)(F)F)C(=O)C2=O. The van der Waals surface area contributed by atoms with E-state index in [1.54, 1.807) is 19.1 Å². The van der Waals surface area contributed by atoms with Crippen LogP contribution in [0.2, 0.25) is 0 Å². The molecule has 0 radical (unpaired) electrons. The Hall–Kier alpha value is -1.85. The first kappa shape index (κ1) is 13.6. The Labute approximate surface area is 108 Å². The van der Waals surface area contributed by atoms with Gasteiger partial charge in [0.25, 0.3) is 11.7 Å². The van der Waals surface area contributed by atoms with Crippen molar-refractivity contribution < 1.29 is 22.8 Å². The maximum atomic E-state index is 12.1. The molecule has 0 aromatic heterocycles. The molecule has 2 rings (SSSR count). The summed E-state index contributed by atoms with van der Waals surface area (Å²) in [4.78, 5) is 24.6. The second-order valence-electron chi connectivity index (χ2n) is 4.48. The van der Waals surface area contributed by atoms with E-state index in [0.717, 1.165) is 4.90 Å². The van der Waals surface area contributed by atoms with Crippen LogP contribution in [0.1, 0.15) is 28.8 Å². The first-order chi connectivity index (χ1) is 8.81. The summed E-state index contributed by atoms with van der Waals surface area (Å²) in [7, 11) is 0. The molecule has 102 valence electrons. The van der Waals surface area contributed by atoms with Gasteiger partial charge in [0, 0.05) is 13.0 Å². The lowest BCUT2D eigenvalue weighted by molar-refractivity contribution is -0.135. The first-order valence-electron chi connectivity index (χ1n) is 5.84. The molecule has 3 nitrogen and oxygen atoms in total. The Balaban J connectivity index is 2.19. The Bertz CT molecular complexity index is 537. The molecule has 6 heteroatoms. The van der Waals surface area contributed by atoms with E-state index < -0.39 is 24.3 Å². The zero-order chi connectivity index (χ0) is 14.2. The van der Waals surface area contributed by atoms with Crippen molar-refractivity contribution in [3.05, 3.63) is 29.3 Å². The molecule has 0 unspecified atom stereocenters. The van der Waals surface area contributed by atoms with Crippen LogP contribution >= 0.6 is 0 Å². The van der Waals surface area contributed by atoms with Crippen molar-refractivity contribution in [2.45, 2.75) is 25.9 Å². The molecule has 1 aromatic carbocycles. The number of carbonyl (C=O) groups excluding carboxylic acids is 2. The van der Waals surface area contributed by atoms with Gasteiger partial charge in [-0.2, -0.15) is 13.2 Å². The number of rotatable bonds is 3. The van der Waals surface area contributed by atoms with Crippen LogP contribution in [-0.4, -0.2) is 24.4 Å². The summed E-state index contributed by atoms with van der Waals surface area (Å²) >= 11 is 0. The normalized spacial score (nSPS) is 15.1. The van der Waals surface area contributed by atoms with E-state index in [1.165, 1.54) is 6.07 Å². The molecule has 19 heavy (non-hydrogen) atoms. The number of Topliss-reactive ketones (excluding diaryl/α,β-unsaturated/α-hetero) is 1. The number of benzene rings is 1. The minimum absolute atomic E-state index is 0.0953. The van der Waals surface area contributed by atoms with Crippen LogP contribution in [0.5, 0.6) is 0 Å². The lowest BCUT2D eigenvalue weighted by Crippen LogP contribution is -2.31. The van der Waals surface area contributed by atoms with Crippen LogP contribution in [0.4, 0.5) is 18.9 Å². The summed E-state index contributed by atoms with van der Waals surface area (Å²) in [5.74, 6) is -1.39. The topological polar surface area (TPSA) is 37.4 Å².